The summed E-state index contributed by atoms with van der Waals surface area (Å²) in [6.07, 6.45) is 2.33. The lowest BCUT2D eigenvalue weighted by molar-refractivity contribution is 0.482. The Hall–Kier alpha value is -2.32. The lowest BCUT2D eigenvalue weighted by Crippen LogP contribution is -2.41. The van der Waals surface area contributed by atoms with Crippen LogP contribution in [0.4, 0.5) is 0 Å². The van der Waals surface area contributed by atoms with Crippen molar-refractivity contribution >= 4 is 13.3 Å². The molecule has 26 heavy (non-hydrogen) atoms. The normalized spacial score (nSPS) is 11.3. The van der Waals surface area contributed by atoms with Crippen molar-refractivity contribution in [3.05, 3.63) is 90.0 Å². The molecule has 0 N–H and O–H groups in total. The summed E-state index contributed by atoms with van der Waals surface area (Å²) >= 11 is 0. The molecule has 0 unspecified atom stereocenters. The molecular weight excluding hydrogens is 332 g/mol. The maximum Gasteiger partial charge on any atom is 0.127 e. The average Bonchev–Trinajstić information content (AvgIpc) is 2.63. The number of hydrogen-bond donors (Lipinski definition) is 0. The SMILES string of the molecule is Cc1ccc([Si](C)(C)CCCc2cccc(Oc3ccccc3)c2)cc1. The van der Waals surface area contributed by atoms with E-state index in [0.717, 1.165) is 17.9 Å². The minimum absolute atomic E-state index is 0.887. The maximum absolute atomic E-state index is 5.96. The van der Waals surface area contributed by atoms with Gasteiger partial charge in [-0.25, -0.2) is 0 Å². The van der Waals surface area contributed by atoms with Crippen LogP contribution in [0, 0.1) is 6.92 Å². The van der Waals surface area contributed by atoms with Crippen molar-refractivity contribution in [2.75, 3.05) is 0 Å². The molecule has 0 spiro atoms. The molecule has 0 atom stereocenters. The molecule has 0 saturated heterocycles. The second-order valence-electron chi connectivity index (χ2n) is 7.67. The average molecular weight is 361 g/mol. The van der Waals surface area contributed by atoms with E-state index in [9.17, 15) is 0 Å². The summed E-state index contributed by atoms with van der Waals surface area (Å²) in [5.74, 6) is 1.81. The van der Waals surface area contributed by atoms with Gasteiger partial charge in [-0.15, -0.1) is 0 Å². The minimum atomic E-state index is -1.36. The Balaban J connectivity index is 1.58. The highest BCUT2D eigenvalue weighted by Gasteiger charge is 2.22. The quantitative estimate of drug-likeness (QED) is 0.447. The molecule has 0 fully saturated rings. The topological polar surface area (TPSA) is 9.23 Å². The van der Waals surface area contributed by atoms with Gasteiger partial charge in [0.25, 0.3) is 0 Å². The Kier molecular flexibility index (Phi) is 5.95. The van der Waals surface area contributed by atoms with Gasteiger partial charge in [-0.3, -0.25) is 0 Å². The first-order chi connectivity index (χ1) is 12.5. The molecular formula is C24H28OSi. The third-order valence-corrected chi connectivity index (χ3v) is 8.48. The van der Waals surface area contributed by atoms with Crippen molar-refractivity contribution in [1.82, 2.24) is 0 Å². The largest absolute Gasteiger partial charge is 0.457 e. The summed E-state index contributed by atoms with van der Waals surface area (Å²) in [6, 6.07) is 28.9. The molecule has 0 aliphatic carbocycles. The van der Waals surface area contributed by atoms with Crippen LogP contribution in [0.5, 0.6) is 11.5 Å². The van der Waals surface area contributed by atoms with Crippen LogP contribution in [0.2, 0.25) is 19.1 Å². The molecule has 0 bridgehead atoms. The van der Waals surface area contributed by atoms with Gasteiger partial charge in [0.2, 0.25) is 0 Å². The number of para-hydroxylation sites is 1. The standard InChI is InChI=1S/C24H28OSi/c1-20-14-16-24(17-15-20)26(2,3)18-8-10-21-9-7-13-23(19-21)25-22-11-5-4-6-12-22/h4-7,9,11-17,19H,8,10,18H2,1-3H3. The summed E-state index contributed by atoms with van der Waals surface area (Å²) in [5, 5.41) is 1.56. The summed E-state index contributed by atoms with van der Waals surface area (Å²) in [6.45, 7) is 7.11. The zero-order valence-corrected chi connectivity index (χ0v) is 17.0. The van der Waals surface area contributed by atoms with Gasteiger partial charge in [-0.05, 0) is 43.2 Å². The fourth-order valence-corrected chi connectivity index (χ4v) is 5.69. The molecule has 0 amide bonds. The first-order valence-corrected chi connectivity index (χ1v) is 12.6. The maximum atomic E-state index is 5.96. The van der Waals surface area contributed by atoms with Gasteiger partial charge in [0.05, 0.1) is 8.07 Å². The molecule has 2 heteroatoms. The van der Waals surface area contributed by atoms with E-state index in [4.69, 9.17) is 4.74 Å². The molecule has 0 aromatic heterocycles. The van der Waals surface area contributed by atoms with Gasteiger partial charge in [0.1, 0.15) is 11.5 Å². The summed E-state index contributed by atoms with van der Waals surface area (Å²) in [5.41, 5.74) is 2.70. The van der Waals surface area contributed by atoms with E-state index in [1.54, 1.807) is 5.19 Å². The number of benzene rings is 3. The molecule has 134 valence electrons. The van der Waals surface area contributed by atoms with E-state index >= 15 is 0 Å². The van der Waals surface area contributed by atoms with Crippen molar-refractivity contribution in [3.63, 3.8) is 0 Å². The van der Waals surface area contributed by atoms with E-state index in [1.165, 1.54) is 23.6 Å². The predicted octanol–water partition coefficient (Wildman–Crippen LogP) is 6.34. The summed E-state index contributed by atoms with van der Waals surface area (Å²) in [4.78, 5) is 0. The van der Waals surface area contributed by atoms with Crippen LogP contribution in [-0.2, 0) is 6.42 Å². The molecule has 0 saturated carbocycles. The lowest BCUT2D eigenvalue weighted by Gasteiger charge is -2.23. The number of hydrogen-bond acceptors (Lipinski definition) is 1. The van der Waals surface area contributed by atoms with Crippen molar-refractivity contribution < 1.29 is 4.74 Å². The highest BCUT2D eigenvalue weighted by molar-refractivity contribution is 6.89. The van der Waals surface area contributed by atoms with Crippen LogP contribution in [0.15, 0.2) is 78.9 Å². The molecule has 3 aromatic rings. The third kappa shape index (κ3) is 5.09. The minimum Gasteiger partial charge on any atom is -0.457 e. The van der Waals surface area contributed by atoms with Crippen LogP contribution >= 0.6 is 0 Å². The fraction of sp³-hybridized carbons (Fsp3) is 0.250. The first kappa shape index (κ1) is 18.5. The third-order valence-electron chi connectivity index (χ3n) is 4.98. The van der Waals surface area contributed by atoms with Gasteiger partial charge >= 0.3 is 0 Å². The Bertz CT molecular complexity index is 822. The molecule has 0 heterocycles. The Labute approximate surface area is 158 Å². The Morgan fingerprint density at radius 3 is 2.19 bits per heavy atom. The van der Waals surface area contributed by atoms with Crippen LogP contribution in [0.3, 0.4) is 0 Å². The molecule has 0 aliphatic rings. The van der Waals surface area contributed by atoms with E-state index in [2.05, 4.69) is 62.5 Å². The number of ether oxygens (including phenoxy) is 1. The van der Waals surface area contributed by atoms with E-state index in [-0.39, 0.29) is 0 Å². The lowest BCUT2D eigenvalue weighted by atomic mass is 10.1. The smallest absolute Gasteiger partial charge is 0.127 e. The van der Waals surface area contributed by atoms with Crippen LogP contribution in [0.25, 0.3) is 0 Å². The van der Waals surface area contributed by atoms with Crippen LogP contribution < -0.4 is 9.92 Å². The van der Waals surface area contributed by atoms with Gasteiger partial charge in [-0.1, -0.05) is 90.9 Å². The van der Waals surface area contributed by atoms with Gasteiger partial charge < -0.3 is 4.74 Å². The van der Waals surface area contributed by atoms with Gasteiger partial charge in [0.15, 0.2) is 0 Å². The van der Waals surface area contributed by atoms with Gasteiger partial charge in [0, 0.05) is 0 Å². The zero-order chi connectivity index (χ0) is 18.4. The molecule has 0 aliphatic heterocycles. The second-order valence-corrected chi connectivity index (χ2v) is 12.5. The Morgan fingerprint density at radius 1 is 0.769 bits per heavy atom. The van der Waals surface area contributed by atoms with E-state index in [1.807, 2.05) is 36.4 Å². The monoisotopic (exact) mass is 360 g/mol. The zero-order valence-electron chi connectivity index (χ0n) is 16.0. The highest BCUT2D eigenvalue weighted by Crippen LogP contribution is 2.23. The van der Waals surface area contributed by atoms with Crippen molar-refractivity contribution in [1.29, 1.82) is 0 Å². The predicted molar refractivity (Wildman–Crippen MR) is 114 cm³/mol. The van der Waals surface area contributed by atoms with Crippen molar-refractivity contribution in [2.24, 2.45) is 0 Å². The molecule has 1 nitrogen and oxygen atoms in total. The summed E-state index contributed by atoms with van der Waals surface area (Å²) < 4.78 is 5.96. The molecule has 3 rings (SSSR count). The second kappa shape index (κ2) is 8.37. The van der Waals surface area contributed by atoms with E-state index < -0.39 is 8.07 Å². The van der Waals surface area contributed by atoms with Crippen LogP contribution in [-0.4, -0.2) is 8.07 Å². The highest BCUT2D eigenvalue weighted by atomic mass is 28.3. The van der Waals surface area contributed by atoms with Crippen molar-refractivity contribution in [2.45, 2.75) is 38.9 Å². The molecule has 3 aromatic carbocycles. The van der Waals surface area contributed by atoms with E-state index in [0.29, 0.717) is 0 Å². The van der Waals surface area contributed by atoms with Crippen LogP contribution in [0.1, 0.15) is 17.5 Å². The molecule has 0 radical (unpaired) electrons. The number of rotatable bonds is 7. The number of aryl methyl sites for hydroxylation is 2. The Morgan fingerprint density at radius 2 is 1.46 bits per heavy atom. The first-order valence-electron chi connectivity index (χ1n) is 9.42. The summed E-state index contributed by atoms with van der Waals surface area (Å²) in [7, 11) is -1.36. The fourth-order valence-electron chi connectivity index (χ4n) is 3.27. The van der Waals surface area contributed by atoms with Gasteiger partial charge in [-0.2, -0.15) is 0 Å². The van der Waals surface area contributed by atoms with Crippen molar-refractivity contribution in [3.8, 4) is 11.5 Å².